The van der Waals surface area contributed by atoms with Crippen molar-refractivity contribution < 1.29 is 9.47 Å². The largest absolute Gasteiger partial charge is 0.478 e. The van der Waals surface area contributed by atoms with Crippen molar-refractivity contribution in [3.8, 4) is 17.0 Å². The fourth-order valence-electron chi connectivity index (χ4n) is 5.82. The van der Waals surface area contributed by atoms with Crippen molar-refractivity contribution in [1.82, 2.24) is 24.1 Å². The van der Waals surface area contributed by atoms with Gasteiger partial charge < -0.3 is 14.4 Å². The lowest BCUT2D eigenvalue weighted by molar-refractivity contribution is 0.0854. The first-order chi connectivity index (χ1) is 18.2. The van der Waals surface area contributed by atoms with Crippen LogP contribution in [-0.4, -0.2) is 63.5 Å². The maximum Gasteiger partial charge on any atom is 0.270 e. The third kappa shape index (κ3) is 4.88. The first kappa shape index (κ1) is 24.1. The Hall–Kier alpha value is -3.23. The van der Waals surface area contributed by atoms with Crippen LogP contribution in [-0.2, 0) is 11.8 Å². The molecule has 0 bridgehead atoms. The Morgan fingerprint density at radius 3 is 2.62 bits per heavy atom. The summed E-state index contributed by atoms with van der Waals surface area (Å²) in [6.07, 6.45) is 10.4. The third-order valence-electron chi connectivity index (χ3n) is 7.91. The van der Waals surface area contributed by atoms with E-state index < -0.39 is 0 Å². The number of piperidine rings is 1. The Balaban J connectivity index is 1.24. The zero-order chi connectivity index (χ0) is 25.2. The molecule has 0 unspecified atom stereocenters. The maximum absolute atomic E-state index is 13.3. The van der Waals surface area contributed by atoms with E-state index in [1.54, 1.807) is 11.0 Å². The van der Waals surface area contributed by atoms with Gasteiger partial charge in [-0.3, -0.25) is 4.79 Å². The molecule has 194 valence electrons. The third-order valence-corrected chi connectivity index (χ3v) is 7.91. The van der Waals surface area contributed by atoms with E-state index in [0.717, 1.165) is 58.9 Å². The number of hydrogen-bond donors (Lipinski definition) is 0. The minimum Gasteiger partial charge on any atom is -0.478 e. The van der Waals surface area contributed by atoms with Crippen molar-refractivity contribution in [2.75, 3.05) is 39.5 Å². The van der Waals surface area contributed by atoms with Gasteiger partial charge in [0.2, 0.25) is 5.88 Å². The van der Waals surface area contributed by atoms with Crippen LogP contribution < -0.4 is 10.3 Å². The zero-order valence-electron chi connectivity index (χ0n) is 21.6. The molecule has 0 radical (unpaired) electrons. The predicted molar refractivity (Wildman–Crippen MR) is 144 cm³/mol. The Kier molecular flexibility index (Phi) is 6.93. The number of aromatic nitrogens is 4. The van der Waals surface area contributed by atoms with E-state index in [2.05, 4.69) is 33.1 Å². The molecule has 8 nitrogen and oxygen atoms in total. The van der Waals surface area contributed by atoms with Crippen LogP contribution in [0.15, 0.2) is 47.7 Å². The molecule has 0 saturated carbocycles. The van der Waals surface area contributed by atoms with Gasteiger partial charge in [-0.05, 0) is 74.9 Å². The summed E-state index contributed by atoms with van der Waals surface area (Å²) in [7, 11) is 1.81. The lowest BCUT2D eigenvalue weighted by atomic mass is 9.91. The molecule has 0 amide bonds. The zero-order valence-corrected chi connectivity index (χ0v) is 21.6. The number of benzene rings is 1. The van der Waals surface area contributed by atoms with Gasteiger partial charge in [0.05, 0.1) is 17.6 Å². The second-order valence-electron chi connectivity index (χ2n) is 10.3. The topological polar surface area (TPSA) is 73.9 Å². The molecule has 0 N–H and O–H groups in total. The minimum atomic E-state index is 0.0510. The highest BCUT2D eigenvalue weighted by molar-refractivity contribution is 5.97. The summed E-state index contributed by atoms with van der Waals surface area (Å²) in [4.78, 5) is 25.0. The van der Waals surface area contributed by atoms with E-state index in [1.807, 2.05) is 29.9 Å². The molecule has 2 aliphatic heterocycles. The van der Waals surface area contributed by atoms with Gasteiger partial charge >= 0.3 is 0 Å². The monoisotopic (exact) mass is 501 g/mol. The molecule has 3 aromatic heterocycles. The van der Waals surface area contributed by atoms with E-state index >= 15 is 0 Å². The highest BCUT2D eigenvalue weighted by Gasteiger charge is 2.25. The maximum atomic E-state index is 13.3. The number of hydrogen-bond acceptors (Lipinski definition) is 6. The quantitative estimate of drug-likeness (QED) is 0.350. The molecule has 2 aliphatic rings. The van der Waals surface area contributed by atoms with E-state index in [1.165, 1.54) is 32.4 Å². The number of pyridine rings is 1. The van der Waals surface area contributed by atoms with Crippen molar-refractivity contribution in [1.29, 1.82) is 0 Å². The highest BCUT2D eigenvalue weighted by atomic mass is 16.5. The Morgan fingerprint density at radius 2 is 1.84 bits per heavy atom. The first-order valence-corrected chi connectivity index (χ1v) is 13.6. The standard InChI is InChI=1S/C29H35N5O3/c1-32-29(35)27(21-10-16-36-17-11-21)28-24-18-22(6-8-25(24)31-20-34(28)32)23-7-9-26(30-19-23)37-15-5-14-33-12-3-2-4-13-33/h6-9,18-21H,2-5,10-17H2,1H3. The van der Waals surface area contributed by atoms with Crippen molar-refractivity contribution in [2.24, 2.45) is 7.05 Å². The number of fused-ring (bicyclic) bond motifs is 3. The van der Waals surface area contributed by atoms with Gasteiger partial charge in [0.15, 0.2) is 0 Å². The number of ether oxygens (including phenoxy) is 2. The van der Waals surface area contributed by atoms with Crippen LogP contribution >= 0.6 is 0 Å². The first-order valence-electron chi connectivity index (χ1n) is 13.6. The molecular weight excluding hydrogens is 466 g/mol. The molecule has 4 aromatic rings. The molecular formula is C29H35N5O3. The van der Waals surface area contributed by atoms with E-state index in [4.69, 9.17) is 9.47 Å². The van der Waals surface area contributed by atoms with E-state index in [0.29, 0.717) is 25.7 Å². The van der Waals surface area contributed by atoms with Crippen LogP contribution in [0.5, 0.6) is 5.88 Å². The number of aryl methyl sites for hydroxylation is 1. The van der Waals surface area contributed by atoms with E-state index in [9.17, 15) is 4.79 Å². The molecule has 6 rings (SSSR count). The Morgan fingerprint density at radius 1 is 1.03 bits per heavy atom. The van der Waals surface area contributed by atoms with Crippen LogP contribution in [0.1, 0.15) is 50.0 Å². The van der Waals surface area contributed by atoms with Gasteiger partial charge in [-0.25, -0.2) is 19.2 Å². The Labute approximate surface area is 216 Å². The summed E-state index contributed by atoms with van der Waals surface area (Å²) >= 11 is 0. The summed E-state index contributed by atoms with van der Waals surface area (Å²) in [5, 5.41) is 0.984. The normalized spacial score (nSPS) is 17.5. The van der Waals surface area contributed by atoms with Crippen molar-refractivity contribution in [2.45, 2.75) is 44.4 Å². The van der Waals surface area contributed by atoms with Gasteiger partial charge in [-0.2, -0.15) is 0 Å². The number of rotatable bonds is 7. The van der Waals surface area contributed by atoms with Gasteiger partial charge in [-0.1, -0.05) is 12.5 Å². The molecule has 0 spiro atoms. The van der Waals surface area contributed by atoms with Crippen LogP contribution in [0.4, 0.5) is 0 Å². The Bertz CT molecular complexity index is 1430. The van der Waals surface area contributed by atoms with Gasteiger partial charge in [0.1, 0.15) is 6.33 Å². The lowest BCUT2D eigenvalue weighted by Crippen LogP contribution is -2.31. The molecule has 2 saturated heterocycles. The molecule has 1 aromatic carbocycles. The summed E-state index contributed by atoms with van der Waals surface area (Å²) in [6, 6.07) is 10.2. The van der Waals surface area contributed by atoms with Gasteiger partial charge in [0.25, 0.3) is 5.56 Å². The predicted octanol–water partition coefficient (Wildman–Crippen LogP) is 4.40. The fraction of sp³-hybridized carbons (Fsp3) is 0.483. The lowest BCUT2D eigenvalue weighted by Gasteiger charge is -2.26. The molecule has 0 atom stereocenters. The van der Waals surface area contributed by atoms with Gasteiger partial charge in [0, 0.05) is 55.6 Å². The average molecular weight is 502 g/mol. The summed E-state index contributed by atoms with van der Waals surface area (Å²) in [5.41, 5.74) is 4.81. The summed E-state index contributed by atoms with van der Waals surface area (Å²) < 4.78 is 15.0. The van der Waals surface area contributed by atoms with Crippen molar-refractivity contribution in [3.05, 3.63) is 58.8 Å². The molecule has 8 heteroatoms. The second-order valence-corrected chi connectivity index (χ2v) is 10.3. The second kappa shape index (κ2) is 10.6. The molecule has 5 heterocycles. The van der Waals surface area contributed by atoms with E-state index in [-0.39, 0.29) is 11.5 Å². The molecule has 37 heavy (non-hydrogen) atoms. The highest BCUT2D eigenvalue weighted by Crippen LogP contribution is 2.33. The summed E-state index contributed by atoms with van der Waals surface area (Å²) in [6.45, 7) is 5.59. The average Bonchev–Trinajstić information content (AvgIpc) is 3.22. The molecule has 2 fully saturated rings. The number of likely N-dealkylation sites (tertiary alicyclic amines) is 1. The van der Waals surface area contributed by atoms with Crippen LogP contribution in [0.2, 0.25) is 0 Å². The van der Waals surface area contributed by atoms with Gasteiger partial charge in [-0.15, -0.1) is 0 Å². The van der Waals surface area contributed by atoms with Crippen LogP contribution in [0.3, 0.4) is 0 Å². The SMILES string of the molecule is Cn1c(=O)c(C2CCOCC2)c2c3cc(-c4ccc(OCCCN5CCCCC5)nc4)ccc3ncn21. The molecule has 0 aliphatic carbocycles. The van der Waals surface area contributed by atoms with Crippen molar-refractivity contribution >= 4 is 16.4 Å². The van der Waals surface area contributed by atoms with Crippen LogP contribution in [0.25, 0.3) is 27.5 Å². The fourth-order valence-corrected chi connectivity index (χ4v) is 5.82. The number of nitrogens with zero attached hydrogens (tertiary/aromatic N) is 5. The minimum absolute atomic E-state index is 0.0510. The summed E-state index contributed by atoms with van der Waals surface area (Å²) in [5.74, 6) is 0.850. The van der Waals surface area contributed by atoms with Crippen LogP contribution in [0, 0.1) is 0 Å². The smallest absolute Gasteiger partial charge is 0.270 e. The van der Waals surface area contributed by atoms with Crippen molar-refractivity contribution in [3.63, 3.8) is 0 Å².